The standard InChI is InChI=1S/C21H27N3O2/c1-16-7-12-26-20(16)21(25)24-11-6-19(15-24)18-4-9-23(10-5-18)14-17-3-2-8-22-13-17/h2-3,7-8,12-13,18-19H,4-6,9-11,14-15H2,1H3/t19-/m1/s1. The summed E-state index contributed by atoms with van der Waals surface area (Å²) in [5, 5.41) is 0. The van der Waals surface area contributed by atoms with Gasteiger partial charge in [-0.05, 0) is 68.8 Å². The van der Waals surface area contributed by atoms with Crippen molar-refractivity contribution in [1.82, 2.24) is 14.8 Å². The van der Waals surface area contributed by atoms with Crippen LogP contribution in [0, 0.1) is 18.8 Å². The van der Waals surface area contributed by atoms with Crippen LogP contribution in [0.5, 0.6) is 0 Å². The Balaban J connectivity index is 1.28. The van der Waals surface area contributed by atoms with Gasteiger partial charge in [-0.25, -0.2) is 0 Å². The number of rotatable bonds is 4. The fourth-order valence-electron chi connectivity index (χ4n) is 4.42. The van der Waals surface area contributed by atoms with Crippen LogP contribution in [0.4, 0.5) is 0 Å². The Labute approximate surface area is 155 Å². The monoisotopic (exact) mass is 353 g/mol. The van der Waals surface area contributed by atoms with Crippen LogP contribution in [0.1, 0.15) is 40.9 Å². The molecule has 5 nitrogen and oxygen atoms in total. The summed E-state index contributed by atoms with van der Waals surface area (Å²) in [5.41, 5.74) is 2.22. The van der Waals surface area contributed by atoms with E-state index in [2.05, 4.69) is 16.0 Å². The number of carbonyl (C=O) groups is 1. The Bertz CT molecular complexity index is 735. The van der Waals surface area contributed by atoms with E-state index in [-0.39, 0.29) is 5.91 Å². The molecule has 0 aliphatic carbocycles. The molecule has 0 spiro atoms. The average molecular weight is 353 g/mol. The number of nitrogens with zero attached hydrogens (tertiary/aromatic N) is 3. The molecule has 0 saturated carbocycles. The van der Waals surface area contributed by atoms with Gasteiger partial charge in [-0.15, -0.1) is 0 Å². The number of hydrogen-bond donors (Lipinski definition) is 0. The van der Waals surface area contributed by atoms with E-state index < -0.39 is 0 Å². The van der Waals surface area contributed by atoms with Gasteiger partial charge in [0.25, 0.3) is 5.91 Å². The second kappa shape index (κ2) is 7.62. The van der Waals surface area contributed by atoms with Crippen molar-refractivity contribution in [2.45, 2.75) is 32.7 Å². The zero-order valence-corrected chi connectivity index (χ0v) is 15.4. The SMILES string of the molecule is Cc1ccoc1C(=O)N1CC[C@@H](C2CCN(Cc3cccnc3)CC2)C1. The van der Waals surface area contributed by atoms with Crippen LogP contribution in [0.2, 0.25) is 0 Å². The first-order valence-corrected chi connectivity index (χ1v) is 9.65. The van der Waals surface area contributed by atoms with Gasteiger partial charge in [0.05, 0.1) is 6.26 Å². The molecule has 2 aliphatic rings. The largest absolute Gasteiger partial charge is 0.459 e. The normalized spacial score (nSPS) is 22.0. The molecule has 0 aromatic carbocycles. The molecule has 2 aromatic rings. The molecule has 1 atom stereocenters. The summed E-state index contributed by atoms with van der Waals surface area (Å²) in [7, 11) is 0. The van der Waals surface area contributed by atoms with Gasteiger partial charge < -0.3 is 9.32 Å². The van der Waals surface area contributed by atoms with Gasteiger partial charge in [0.15, 0.2) is 5.76 Å². The van der Waals surface area contributed by atoms with E-state index in [0.29, 0.717) is 11.7 Å². The molecule has 2 aromatic heterocycles. The zero-order valence-electron chi connectivity index (χ0n) is 15.4. The minimum Gasteiger partial charge on any atom is -0.459 e. The van der Waals surface area contributed by atoms with E-state index in [1.165, 1.54) is 18.4 Å². The quantitative estimate of drug-likeness (QED) is 0.846. The molecular weight excluding hydrogens is 326 g/mol. The summed E-state index contributed by atoms with van der Waals surface area (Å²) in [4.78, 5) is 21.3. The number of furan rings is 1. The Morgan fingerprint density at radius 1 is 1.19 bits per heavy atom. The lowest BCUT2D eigenvalue weighted by atomic mass is 9.83. The van der Waals surface area contributed by atoms with E-state index >= 15 is 0 Å². The third kappa shape index (κ3) is 3.68. The highest BCUT2D eigenvalue weighted by atomic mass is 16.3. The van der Waals surface area contributed by atoms with Crippen LogP contribution >= 0.6 is 0 Å². The van der Waals surface area contributed by atoms with Crippen LogP contribution in [0.15, 0.2) is 41.3 Å². The Morgan fingerprint density at radius 2 is 2.00 bits per heavy atom. The van der Waals surface area contributed by atoms with E-state index in [4.69, 9.17) is 4.42 Å². The Morgan fingerprint density at radius 3 is 2.69 bits per heavy atom. The van der Waals surface area contributed by atoms with Crippen LogP contribution < -0.4 is 0 Å². The molecule has 26 heavy (non-hydrogen) atoms. The molecule has 4 heterocycles. The molecular formula is C21H27N3O2. The summed E-state index contributed by atoms with van der Waals surface area (Å²) in [6, 6.07) is 6.02. The number of carbonyl (C=O) groups excluding carboxylic acids is 1. The fourth-order valence-corrected chi connectivity index (χ4v) is 4.42. The maximum Gasteiger partial charge on any atom is 0.289 e. The van der Waals surface area contributed by atoms with Crippen LogP contribution in [-0.4, -0.2) is 46.9 Å². The van der Waals surface area contributed by atoms with Crippen LogP contribution in [-0.2, 0) is 6.54 Å². The molecule has 138 valence electrons. The lowest BCUT2D eigenvalue weighted by molar-refractivity contribution is 0.0740. The van der Waals surface area contributed by atoms with Crippen molar-refractivity contribution in [1.29, 1.82) is 0 Å². The van der Waals surface area contributed by atoms with Gasteiger partial charge >= 0.3 is 0 Å². The van der Waals surface area contributed by atoms with E-state index in [1.807, 2.05) is 36.4 Å². The Kier molecular flexibility index (Phi) is 5.07. The molecule has 0 unspecified atom stereocenters. The third-order valence-corrected chi connectivity index (χ3v) is 6.00. The van der Waals surface area contributed by atoms with Crippen molar-refractivity contribution in [3.8, 4) is 0 Å². The molecule has 5 heteroatoms. The topological polar surface area (TPSA) is 49.6 Å². The first kappa shape index (κ1) is 17.3. The van der Waals surface area contributed by atoms with Gasteiger partial charge in [-0.1, -0.05) is 6.07 Å². The summed E-state index contributed by atoms with van der Waals surface area (Å²) >= 11 is 0. The molecule has 2 fully saturated rings. The van der Waals surface area contributed by atoms with Crippen LogP contribution in [0.3, 0.4) is 0 Å². The van der Waals surface area contributed by atoms with Gasteiger partial charge in [0.1, 0.15) is 0 Å². The molecule has 1 amide bonds. The van der Waals surface area contributed by atoms with Crippen molar-refractivity contribution < 1.29 is 9.21 Å². The van der Waals surface area contributed by atoms with Gasteiger partial charge in [0, 0.05) is 37.6 Å². The number of likely N-dealkylation sites (tertiary alicyclic amines) is 2. The predicted octanol–water partition coefficient (Wildman–Crippen LogP) is 3.36. The van der Waals surface area contributed by atoms with Crippen molar-refractivity contribution in [2.75, 3.05) is 26.2 Å². The minimum absolute atomic E-state index is 0.0593. The molecule has 0 radical (unpaired) electrons. The lowest BCUT2D eigenvalue weighted by Crippen LogP contribution is -2.37. The maximum atomic E-state index is 12.6. The summed E-state index contributed by atoms with van der Waals surface area (Å²) < 4.78 is 5.39. The maximum absolute atomic E-state index is 12.6. The van der Waals surface area contributed by atoms with Crippen molar-refractivity contribution >= 4 is 5.91 Å². The van der Waals surface area contributed by atoms with Gasteiger partial charge in [0.2, 0.25) is 0 Å². The first-order valence-electron chi connectivity index (χ1n) is 9.65. The highest BCUT2D eigenvalue weighted by Crippen LogP contribution is 2.33. The zero-order chi connectivity index (χ0) is 17.9. The lowest BCUT2D eigenvalue weighted by Gasteiger charge is -2.34. The van der Waals surface area contributed by atoms with E-state index in [1.54, 1.807) is 6.26 Å². The first-order chi connectivity index (χ1) is 12.7. The summed E-state index contributed by atoms with van der Waals surface area (Å²) in [6.07, 6.45) is 8.97. The van der Waals surface area contributed by atoms with Crippen molar-refractivity contribution in [3.63, 3.8) is 0 Å². The number of aromatic nitrogens is 1. The highest BCUT2D eigenvalue weighted by molar-refractivity contribution is 5.93. The van der Waals surface area contributed by atoms with Crippen molar-refractivity contribution in [2.24, 2.45) is 11.8 Å². The number of hydrogen-bond acceptors (Lipinski definition) is 4. The van der Waals surface area contributed by atoms with E-state index in [9.17, 15) is 4.79 Å². The van der Waals surface area contributed by atoms with E-state index in [0.717, 1.165) is 50.6 Å². The molecule has 2 aliphatic heterocycles. The average Bonchev–Trinajstić information content (AvgIpc) is 3.32. The smallest absolute Gasteiger partial charge is 0.289 e. The third-order valence-electron chi connectivity index (χ3n) is 6.00. The van der Waals surface area contributed by atoms with Crippen LogP contribution in [0.25, 0.3) is 0 Å². The molecule has 4 rings (SSSR count). The number of aryl methyl sites for hydroxylation is 1. The molecule has 0 bridgehead atoms. The summed E-state index contributed by atoms with van der Waals surface area (Å²) in [5.74, 6) is 1.94. The minimum atomic E-state index is 0.0593. The van der Waals surface area contributed by atoms with Gasteiger partial charge in [-0.3, -0.25) is 14.7 Å². The number of piperidine rings is 1. The second-order valence-electron chi connectivity index (χ2n) is 7.71. The van der Waals surface area contributed by atoms with Crippen molar-refractivity contribution in [3.05, 3.63) is 53.7 Å². The summed E-state index contributed by atoms with van der Waals surface area (Å²) in [6.45, 7) is 6.95. The second-order valence-corrected chi connectivity index (χ2v) is 7.71. The van der Waals surface area contributed by atoms with Gasteiger partial charge in [-0.2, -0.15) is 0 Å². The Hall–Kier alpha value is -2.14. The number of pyridine rings is 1. The molecule has 0 N–H and O–H groups in total. The molecule has 2 saturated heterocycles. The number of amides is 1. The predicted molar refractivity (Wildman–Crippen MR) is 99.7 cm³/mol. The highest BCUT2D eigenvalue weighted by Gasteiger charge is 2.35. The fraction of sp³-hybridized carbons (Fsp3) is 0.524.